The third-order valence-corrected chi connectivity index (χ3v) is 5.13. The zero-order valence-electron chi connectivity index (χ0n) is 15.2. The number of carbonyl (C=O) groups is 1. The van der Waals surface area contributed by atoms with Crippen LogP contribution in [0, 0.1) is 0 Å². The maximum Gasteiger partial charge on any atom is 0.255 e. The monoisotopic (exact) mass is 362 g/mol. The molecule has 1 heterocycles. The number of hydrogen-bond acceptors (Lipinski definition) is 4. The van der Waals surface area contributed by atoms with E-state index in [-0.39, 0.29) is 17.7 Å². The summed E-state index contributed by atoms with van der Waals surface area (Å²) in [5.74, 6) is -0.199. The van der Waals surface area contributed by atoms with Gasteiger partial charge in [-0.05, 0) is 73.6 Å². The highest BCUT2D eigenvalue weighted by molar-refractivity contribution is 5.97. The Bertz CT molecular complexity index is 949. The van der Waals surface area contributed by atoms with E-state index < -0.39 is 0 Å². The number of benzene rings is 2. The number of aromatic nitrogens is 3. The Morgan fingerprint density at radius 3 is 2.52 bits per heavy atom. The van der Waals surface area contributed by atoms with Crippen LogP contribution in [0.25, 0.3) is 5.69 Å². The molecule has 0 saturated heterocycles. The van der Waals surface area contributed by atoms with Gasteiger partial charge in [-0.3, -0.25) is 4.79 Å². The molecular formula is C21H22N4O2. The third-order valence-electron chi connectivity index (χ3n) is 5.13. The summed E-state index contributed by atoms with van der Waals surface area (Å²) in [5.41, 5.74) is 4.56. The van der Waals surface area contributed by atoms with E-state index in [4.69, 9.17) is 0 Å². The van der Waals surface area contributed by atoms with Crippen LogP contribution >= 0.6 is 0 Å². The van der Waals surface area contributed by atoms with Crippen LogP contribution in [-0.4, -0.2) is 25.8 Å². The van der Waals surface area contributed by atoms with E-state index in [2.05, 4.69) is 15.4 Å². The number of hydrogen-bond donors (Lipinski definition) is 2. The molecule has 3 aromatic rings. The fourth-order valence-electron chi connectivity index (χ4n) is 3.57. The first kappa shape index (κ1) is 17.3. The van der Waals surface area contributed by atoms with Crippen LogP contribution in [0.4, 0.5) is 0 Å². The molecule has 0 aliphatic heterocycles. The Balaban J connectivity index is 1.49. The van der Waals surface area contributed by atoms with Crippen molar-refractivity contribution in [3.63, 3.8) is 0 Å². The van der Waals surface area contributed by atoms with Gasteiger partial charge in [-0.2, -0.15) is 5.10 Å². The highest BCUT2D eigenvalue weighted by Crippen LogP contribution is 2.29. The summed E-state index contributed by atoms with van der Waals surface area (Å²) in [5, 5.41) is 17.4. The molecule has 0 bridgehead atoms. The van der Waals surface area contributed by atoms with Gasteiger partial charge >= 0.3 is 0 Å². The molecule has 6 heteroatoms. The average molecular weight is 362 g/mol. The molecule has 1 aliphatic carbocycles. The van der Waals surface area contributed by atoms with Crippen molar-refractivity contribution < 1.29 is 9.90 Å². The average Bonchev–Trinajstić information content (AvgIpc) is 3.22. The van der Waals surface area contributed by atoms with E-state index in [9.17, 15) is 9.90 Å². The summed E-state index contributed by atoms with van der Waals surface area (Å²) in [6.45, 7) is 1.93. The first-order valence-electron chi connectivity index (χ1n) is 9.22. The molecule has 1 amide bonds. The second-order valence-electron chi connectivity index (χ2n) is 6.97. The Morgan fingerprint density at radius 2 is 1.85 bits per heavy atom. The van der Waals surface area contributed by atoms with Gasteiger partial charge in [-0.15, -0.1) is 0 Å². The SMILES string of the molecule is CC(NC(=O)c1cc2c(cc1O)CCCC2)c1ccc(-n2cncn2)cc1. The lowest BCUT2D eigenvalue weighted by Crippen LogP contribution is -2.27. The van der Waals surface area contributed by atoms with Crippen molar-refractivity contribution >= 4 is 5.91 Å². The molecule has 27 heavy (non-hydrogen) atoms. The van der Waals surface area contributed by atoms with Gasteiger partial charge in [0.25, 0.3) is 5.91 Å². The Morgan fingerprint density at radius 1 is 1.15 bits per heavy atom. The number of rotatable bonds is 4. The van der Waals surface area contributed by atoms with E-state index in [1.165, 1.54) is 11.9 Å². The number of carbonyl (C=O) groups excluding carboxylic acids is 1. The summed E-state index contributed by atoms with van der Waals surface area (Å²) in [7, 11) is 0. The molecule has 2 N–H and O–H groups in total. The summed E-state index contributed by atoms with van der Waals surface area (Å²) < 4.78 is 1.68. The van der Waals surface area contributed by atoms with Gasteiger partial charge in [0.1, 0.15) is 18.4 Å². The molecule has 1 aromatic heterocycles. The van der Waals surface area contributed by atoms with Crippen LogP contribution in [-0.2, 0) is 12.8 Å². The molecule has 0 fully saturated rings. The molecule has 1 unspecified atom stereocenters. The van der Waals surface area contributed by atoms with Crippen LogP contribution in [0.15, 0.2) is 49.1 Å². The first-order valence-corrected chi connectivity index (χ1v) is 9.22. The number of fused-ring (bicyclic) bond motifs is 1. The Hall–Kier alpha value is -3.15. The minimum atomic E-state index is -0.256. The number of aromatic hydroxyl groups is 1. The van der Waals surface area contributed by atoms with Crippen LogP contribution in [0.2, 0.25) is 0 Å². The summed E-state index contributed by atoms with van der Waals surface area (Å²) in [4.78, 5) is 16.6. The molecule has 1 atom stereocenters. The number of nitrogens with one attached hydrogen (secondary N) is 1. The minimum absolute atomic E-state index is 0.0573. The van der Waals surface area contributed by atoms with E-state index in [0.29, 0.717) is 5.56 Å². The van der Waals surface area contributed by atoms with E-state index >= 15 is 0 Å². The van der Waals surface area contributed by atoms with E-state index in [0.717, 1.165) is 42.5 Å². The molecule has 1 aliphatic rings. The fourth-order valence-corrected chi connectivity index (χ4v) is 3.57. The van der Waals surface area contributed by atoms with Gasteiger partial charge in [-0.25, -0.2) is 9.67 Å². The molecule has 0 spiro atoms. The lowest BCUT2D eigenvalue weighted by molar-refractivity contribution is 0.0937. The van der Waals surface area contributed by atoms with Crippen molar-refractivity contribution in [1.29, 1.82) is 0 Å². The standard InChI is InChI=1S/C21H22N4O2/c1-14(15-6-8-18(9-7-15)25-13-22-12-23-25)24-21(27)19-10-16-4-2-3-5-17(16)11-20(19)26/h6-14,26H,2-5H2,1H3,(H,24,27). The van der Waals surface area contributed by atoms with Gasteiger partial charge in [-0.1, -0.05) is 12.1 Å². The van der Waals surface area contributed by atoms with Crippen molar-refractivity contribution in [2.45, 2.75) is 38.6 Å². The van der Waals surface area contributed by atoms with Gasteiger partial charge in [0.15, 0.2) is 0 Å². The number of aryl methyl sites for hydroxylation is 2. The minimum Gasteiger partial charge on any atom is -0.507 e. The normalized spacial score (nSPS) is 14.4. The lowest BCUT2D eigenvalue weighted by atomic mass is 9.89. The molecule has 0 radical (unpaired) electrons. The largest absolute Gasteiger partial charge is 0.507 e. The number of phenolic OH excluding ortho intramolecular Hbond substituents is 1. The maximum atomic E-state index is 12.7. The third kappa shape index (κ3) is 3.56. The van der Waals surface area contributed by atoms with Crippen molar-refractivity contribution in [3.05, 3.63) is 71.3 Å². The molecule has 138 valence electrons. The zero-order chi connectivity index (χ0) is 18.8. The van der Waals surface area contributed by atoms with Crippen molar-refractivity contribution in [3.8, 4) is 11.4 Å². The smallest absolute Gasteiger partial charge is 0.255 e. The van der Waals surface area contributed by atoms with Gasteiger partial charge in [0, 0.05) is 0 Å². The predicted molar refractivity (Wildman–Crippen MR) is 102 cm³/mol. The fraction of sp³-hybridized carbons (Fsp3) is 0.286. The Labute approximate surface area is 157 Å². The van der Waals surface area contributed by atoms with Crippen molar-refractivity contribution in [1.82, 2.24) is 20.1 Å². The highest BCUT2D eigenvalue weighted by atomic mass is 16.3. The van der Waals surface area contributed by atoms with Crippen molar-refractivity contribution in [2.24, 2.45) is 0 Å². The molecule has 6 nitrogen and oxygen atoms in total. The maximum absolute atomic E-state index is 12.7. The molecule has 2 aromatic carbocycles. The number of nitrogens with zero attached hydrogens (tertiary/aromatic N) is 3. The zero-order valence-corrected chi connectivity index (χ0v) is 15.2. The lowest BCUT2D eigenvalue weighted by Gasteiger charge is -2.19. The van der Waals surface area contributed by atoms with Crippen LogP contribution in [0.5, 0.6) is 5.75 Å². The van der Waals surface area contributed by atoms with Gasteiger partial charge in [0.05, 0.1) is 17.3 Å². The summed E-state index contributed by atoms with van der Waals surface area (Å²) >= 11 is 0. The van der Waals surface area contributed by atoms with Crippen LogP contribution in [0.1, 0.15) is 52.9 Å². The predicted octanol–water partition coefficient (Wildman–Crippen LogP) is 3.34. The highest BCUT2D eigenvalue weighted by Gasteiger charge is 2.19. The van der Waals surface area contributed by atoms with Crippen molar-refractivity contribution in [2.75, 3.05) is 0 Å². The van der Waals surface area contributed by atoms with Gasteiger partial charge in [0.2, 0.25) is 0 Å². The summed E-state index contributed by atoms with van der Waals surface area (Å²) in [6, 6.07) is 11.2. The number of amides is 1. The Kier molecular flexibility index (Phi) is 4.62. The first-order chi connectivity index (χ1) is 13.1. The molecular weight excluding hydrogens is 340 g/mol. The molecule has 0 saturated carbocycles. The van der Waals surface area contributed by atoms with Crippen LogP contribution < -0.4 is 5.32 Å². The topological polar surface area (TPSA) is 80.0 Å². The van der Waals surface area contributed by atoms with Crippen LogP contribution in [0.3, 0.4) is 0 Å². The summed E-state index contributed by atoms with van der Waals surface area (Å²) in [6.07, 6.45) is 7.34. The second-order valence-corrected chi connectivity index (χ2v) is 6.97. The quantitative estimate of drug-likeness (QED) is 0.746. The van der Waals surface area contributed by atoms with E-state index in [1.54, 1.807) is 17.1 Å². The van der Waals surface area contributed by atoms with Gasteiger partial charge < -0.3 is 10.4 Å². The molecule has 4 rings (SSSR count). The van der Waals surface area contributed by atoms with E-state index in [1.807, 2.05) is 37.3 Å². The second kappa shape index (κ2) is 7.23. The number of phenols is 1.